The summed E-state index contributed by atoms with van der Waals surface area (Å²) in [6.45, 7) is 1.71. The third-order valence-electron chi connectivity index (χ3n) is 5.92. The lowest BCUT2D eigenvalue weighted by atomic mass is 9.99. The fourth-order valence-electron chi connectivity index (χ4n) is 4.07. The van der Waals surface area contributed by atoms with Gasteiger partial charge in [0.25, 0.3) is 0 Å². The molecule has 0 radical (unpaired) electrons. The fourth-order valence-corrected chi connectivity index (χ4v) is 5.97. The normalized spacial score (nSPS) is 13.8. The summed E-state index contributed by atoms with van der Waals surface area (Å²) in [6, 6.07) is 16.9. The van der Waals surface area contributed by atoms with Gasteiger partial charge in [-0.25, -0.2) is 13.6 Å². The van der Waals surface area contributed by atoms with E-state index in [4.69, 9.17) is 5.14 Å². The summed E-state index contributed by atoms with van der Waals surface area (Å²) in [4.78, 5) is 12.7. The van der Waals surface area contributed by atoms with Crippen LogP contribution in [0.3, 0.4) is 0 Å². The van der Waals surface area contributed by atoms with Crippen molar-refractivity contribution in [3.63, 3.8) is 0 Å². The van der Waals surface area contributed by atoms with Gasteiger partial charge in [-0.2, -0.15) is 0 Å². The van der Waals surface area contributed by atoms with Crippen LogP contribution in [0.1, 0.15) is 29.9 Å². The van der Waals surface area contributed by atoms with E-state index in [0.717, 1.165) is 11.1 Å². The molecule has 0 spiro atoms. The van der Waals surface area contributed by atoms with Crippen LogP contribution in [0.2, 0.25) is 0 Å². The van der Waals surface area contributed by atoms with E-state index in [1.54, 1.807) is 6.92 Å². The minimum Gasteiger partial charge on any atom is -0.325 e. The van der Waals surface area contributed by atoms with Crippen LogP contribution < -0.4 is 10.5 Å². The van der Waals surface area contributed by atoms with Crippen molar-refractivity contribution in [2.75, 3.05) is 11.1 Å². The van der Waals surface area contributed by atoms with Crippen molar-refractivity contribution in [3.05, 3.63) is 70.5 Å². The molecule has 0 aliphatic heterocycles. The van der Waals surface area contributed by atoms with Crippen LogP contribution in [0, 0.1) is 6.92 Å². The number of carbonyl (C=O) groups is 1. The molecule has 1 heterocycles. The van der Waals surface area contributed by atoms with E-state index in [0.29, 0.717) is 27.1 Å². The van der Waals surface area contributed by atoms with Gasteiger partial charge in [0, 0.05) is 11.1 Å². The summed E-state index contributed by atoms with van der Waals surface area (Å²) in [5.74, 6) is 0.471. The number of aromatic nitrogens is 3. The number of fused-ring (bicyclic) bond motifs is 1. The Bertz CT molecular complexity index is 1560. The van der Waals surface area contributed by atoms with Crippen molar-refractivity contribution < 1.29 is 13.2 Å². The van der Waals surface area contributed by atoms with Crippen LogP contribution in [0.25, 0.3) is 16.5 Å². The average molecular weight is 573 g/mol. The minimum atomic E-state index is -3.80. The van der Waals surface area contributed by atoms with Gasteiger partial charge in [-0.05, 0) is 82.4 Å². The highest BCUT2D eigenvalue weighted by Crippen LogP contribution is 2.44. The third kappa shape index (κ3) is 4.99. The molecular weight excluding hydrogens is 550 g/mol. The number of rotatable bonds is 7. The minimum absolute atomic E-state index is 0.000238. The van der Waals surface area contributed by atoms with Crippen LogP contribution in [-0.2, 0) is 14.8 Å². The molecule has 11 heteroatoms. The number of nitrogens with two attached hydrogens (primary N) is 1. The zero-order valence-electron chi connectivity index (χ0n) is 18.7. The van der Waals surface area contributed by atoms with Gasteiger partial charge < -0.3 is 5.32 Å². The number of carbonyl (C=O) groups excluding carboxylic acids is 1. The van der Waals surface area contributed by atoms with Crippen LogP contribution in [0.4, 0.5) is 5.69 Å². The number of halogens is 1. The van der Waals surface area contributed by atoms with E-state index in [1.807, 2.05) is 10.6 Å². The fraction of sp³-hybridized carbons (Fsp3) is 0.208. The number of hydrogen-bond donors (Lipinski definition) is 2. The Morgan fingerprint density at radius 3 is 2.57 bits per heavy atom. The number of aryl methyl sites for hydroxylation is 1. The molecule has 180 valence electrons. The lowest BCUT2D eigenvalue weighted by Gasteiger charge is -2.14. The van der Waals surface area contributed by atoms with Crippen molar-refractivity contribution in [3.8, 4) is 5.69 Å². The van der Waals surface area contributed by atoms with Crippen molar-refractivity contribution in [2.24, 2.45) is 5.14 Å². The summed E-state index contributed by atoms with van der Waals surface area (Å²) in [7, 11) is -3.80. The van der Waals surface area contributed by atoms with Crippen molar-refractivity contribution in [1.82, 2.24) is 14.8 Å². The number of sulfonamides is 1. The first-order chi connectivity index (χ1) is 16.7. The Hall–Kier alpha value is -2.73. The lowest BCUT2D eigenvalue weighted by Crippen LogP contribution is -2.16. The van der Waals surface area contributed by atoms with E-state index in [2.05, 4.69) is 61.8 Å². The maximum absolute atomic E-state index is 12.7. The lowest BCUT2D eigenvalue weighted by molar-refractivity contribution is -0.113. The van der Waals surface area contributed by atoms with E-state index < -0.39 is 10.0 Å². The zero-order chi connectivity index (χ0) is 24.7. The summed E-state index contributed by atoms with van der Waals surface area (Å²) in [5, 5.41) is 19.4. The number of amides is 1. The zero-order valence-corrected chi connectivity index (χ0v) is 22.0. The molecule has 1 amide bonds. The molecule has 1 aliphatic rings. The van der Waals surface area contributed by atoms with Crippen molar-refractivity contribution in [1.29, 1.82) is 0 Å². The van der Waals surface area contributed by atoms with E-state index >= 15 is 0 Å². The topological polar surface area (TPSA) is 120 Å². The average Bonchev–Trinajstić information content (AvgIpc) is 3.60. The quantitative estimate of drug-likeness (QED) is 0.309. The van der Waals surface area contributed by atoms with Crippen LogP contribution in [0.5, 0.6) is 0 Å². The molecule has 3 aromatic carbocycles. The number of primary sulfonamides is 1. The molecule has 5 rings (SSSR count). The second kappa shape index (κ2) is 9.38. The molecule has 35 heavy (non-hydrogen) atoms. The van der Waals surface area contributed by atoms with E-state index in [9.17, 15) is 13.2 Å². The predicted octanol–water partition coefficient (Wildman–Crippen LogP) is 4.75. The molecule has 0 unspecified atom stereocenters. The number of nitrogens with zero attached hydrogens (tertiary/aromatic N) is 3. The highest BCUT2D eigenvalue weighted by Gasteiger charge is 2.26. The number of anilines is 1. The maximum atomic E-state index is 12.7. The Morgan fingerprint density at radius 2 is 1.89 bits per heavy atom. The SMILES string of the molecule is Cc1cc(S(N)(=O)=O)ccc1NC(=O)CSc1nnc(Br)n1-c1ccc(C2CC2)c2ccccc12. The van der Waals surface area contributed by atoms with Gasteiger partial charge in [-0.15, -0.1) is 10.2 Å². The van der Waals surface area contributed by atoms with Gasteiger partial charge in [0.1, 0.15) is 0 Å². The van der Waals surface area contributed by atoms with Crippen LogP contribution in [0.15, 0.2) is 69.4 Å². The van der Waals surface area contributed by atoms with Crippen molar-refractivity contribution in [2.45, 2.75) is 35.7 Å². The first kappa shape index (κ1) is 24.0. The Labute approximate surface area is 215 Å². The maximum Gasteiger partial charge on any atom is 0.238 e. The molecule has 1 fully saturated rings. The second-order valence-electron chi connectivity index (χ2n) is 8.44. The monoisotopic (exact) mass is 571 g/mol. The van der Waals surface area contributed by atoms with Gasteiger partial charge in [0.05, 0.1) is 16.3 Å². The number of nitrogens with one attached hydrogen (secondary N) is 1. The molecule has 1 saturated carbocycles. The number of benzene rings is 3. The Balaban J connectivity index is 1.37. The van der Waals surface area contributed by atoms with E-state index in [-0.39, 0.29) is 16.6 Å². The first-order valence-corrected chi connectivity index (χ1v) is 14.2. The van der Waals surface area contributed by atoms with Crippen LogP contribution in [-0.4, -0.2) is 34.8 Å². The highest BCUT2D eigenvalue weighted by atomic mass is 79.9. The standard InChI is InChI=1S/C24H22BrN5O3S2/c1-14-12-16(35(26,32)33)8-10-20(14)27-22(31)13-34-24-29-28-23(25)30(24)21-11-9-17(15-6-7-15)18-4-2-3-5-19(18)21/h2-5,8-12,15H,6-7,13H2,1H3,(H,27,31)(H2,26,32,33). The van der Waals surface area contributed by atoms with Gasteiger partial charge >= 0.3 is 0 Å². The third-order valence-corrected chi connectivity index (χ3v) is 8.27. The van der Waals surface area contributed by atoms with Gasteiger partial charge in [-0.1, -0.05) is 42.1 Å². The molecule has 0 atom stereocenters. The Morgan fingerprint density at radius 1 is 1.14 bits per heavy atom. The van der Waals surface area contributed by atoms with Gasteiger partial charge in [0.15, 0.2) is 5.16 Å². The van der Waals surface area contributed by atoms with Crippen molar-refractivity contribution >= 4 is 60.1 Å². The number of hydrogen-bond acceptors (Lipinski definition) is 6. The van der Waals surface area contributed by atoms with Crippen LogP contribution >= 0.6 is 27.7 Å². The Kier molecular flexibility index (Phi) is 6.43. The highest BCUT2D eigenvalue weighted by molar-refractivity contribution is 9.10. The summed E-state index contributed by atoms with van der Waals surface area (Å²) >= 11 is 4.77. The largest absolute Gasteiger partial charge is 0.325 e. The molecule has 0 bridgehead atoms. The molecule has 1 aliphatic carbocycles. The summed E-state index contributed by atoms with van der Waals surface area (Å²) in [6.07, 6.45) is 2.44. The molecule has 4 aromatic rings. The van der Waals surface area contributed by atoms with E-state index in [1.165, 1.54) is 53.8 Å². The second-order valence-corrected chi connectivity index (χ2v) is 11.7. The first-order valence-electron chi connectivity index (χ1n) is 10.9. The summed E-state index contributed by atoms with van der Waals surface area (Å²) in [5.41, 5.74) is 3.43. The number of thioether (sulfide) groups is 1. The smallest absolute Gasteiger partial charge is 0.238 e. The molecule has 3 N–H and O–H groups in total. The summed E-state index contributed by atoms with van der Waals surface area (Å²) < 4.78 is 25.5. The predicted molar refractivity (Wildman–Crippen MR) is 140 cm³/mol. The molecular formula is C24H22BrN5O3S2. The van der Waals surface area contributed by atoms with Gasteiger partial charge in [-0.3, -0.25) is 9.36 Å². The molecule has 8 nitrogen and oxygen atoms in total. The molecule has 1 aromatic heterocycles. The van der Waals surface area contributed by atoms with Gasteiger partial charge in [0.2, 0.25) is 20.7 Å². The molecule has 0 saturated heterocycles.